The Morgan fingerprint density at radius 2 is 1.69 bits per heavy atom. The van der Waals surface area contributed by atoms with E-state index in [0.717, 1.165) is 38.5 Å². The Kier molecular flexibility index (Phi) is 5.35. The molecule has 0 radical (unpaired) electrons. The molecular formula is C19H23N3O4. The van der Waals surface area contributed by atoms with Gasteiger partial charge in [0.1, 0.15) is 5.54 Å². The van der Waals surface area contributed by atoms with Crippen LogP contribution in [0.4, 0.5) is 0 Å². The number of hydrogen-bond donors (Lipinski definition) is 1. The lowest BCUT2D eigenvalue weighted by molar-refractivity contribution is 0.0600. The molecule has 1 amide bonds. The first-order chi connectivity index (χ1) is 12.5. The van der Waals surface area contributed by atoms with E-state index in [4.69, 9.17) is 4.52 Å². The highest BCUT2D eigenvalue weighted by molar-refractivity contribution is 5.96. The molecule has 1 N–H and O–H groups in total. The summed E-state index contributed by atoms with van der Waals surface area (Å²) in [4.78, 5) is 28.8. The molecule has 0 bridgehead atoms. The average molecular weight is 357 g/mol. The molecule has 0 saturated heterocycles. The molecule has 7 heteroatoms. The number of carbonyl (C=O) groups is 2. The van der Waals surface area contributed by atoms with E-state index >= 15 is 0 Å². The zero-order chi connectivity index (χ0) is 18.6. The van der Waals surface area contributed by atoms with Gasteiger partial charge in [-0.05, 0) is 37.1 Å². The predicted molar refractivity (Wildman–Crippen MR) is 93.7 cm³/mol. The Balaban J connectivity index is 1.84. The molecule has 1 saturated carbocycles. The molecule has 2 aromatic rings. The third-order valence-corrected chi connectivity index (χ3v) is 4.83. The second-order valence-electron chi connectivity index (χ2n) is 6.66. The van der Waals surface area contributed by atoms with Crippen molar-refractivity contribution >= 4 is 11.9 Å². The molecule has 0 spiro atoms. The highest BCUT2D eigenvalue weighted by Gasteiger charge is 2.39. The summed E-state index contributed by atoms with van der Waals surface area (Å²) in [7, 11) is 1.33. The van der Waals surface area contributed by atoms with E-state index in [1.807, 2.05) is 0 Å². The lowest BCUT2D eigenvalue weighted by Gasteiger charge is -2.30. The van der Waals surface area contributed by atoms with Gasteiger partial charge in [-0.2, -0.15) is 4.98 Å². The molecule has 0 atom stereocenters. The molecule has 1 aromatic carbocycles. The topological polar surface area (TPSA) is 94.3 Å². The summed E-state index contributed by atoms with van der Waals surface area (Å²) >= 11 is 0. The lowest BCUT2D eigenvalue weighted by Crippen LogP contribution is -2.46. The number of rotatable bonds is 4. The fourth-order valence-electron chi connectivity index (χ4n) is 3.40. The zero-order valence-corrected chi connectivity index (χ0v) is 15.1. The van der Waals surface area contributed by atoms with Crippen LogP contribution in [0.5, 0.6) is 0 Å². The van der Waals surface area contributed by atoms with Crippen molar-refractivity contribution in [3.05, 3.63) is 47.1 Å². The summed E-state index contributed by atoms with van der Waals surface area (Å²) in [6.07, 6.45) is 5.80. The van der Waals surface area contributed by atoms with Crippen LogP contribution in [0.3, 0.4) is 0 Å². The van der Waals surface area contributed by atoms with Gasteiger partial charge in [0.25, 0.3) is 5.91 Å². The van der Waals surface area contributed by atoms with Crippen LogP contribution < -0.4 is 5.32 Å². The molecule has 1 heterocycles. The molecular weight excluding hydrogens is 334 g/mol. The minimum Gasteiger partial charge on any atom is -0.465 e. The second kappa shape index (κ2) is 7.68. The largest absolute Gasteiger partial charge is 0.465 e. The number of aryl methyl sites for hydroxylation is 1. The fraction of sp³-hybridized carbons (Fsp3) is 0.474. The standard InChI is InChI=1S/C19H23N3O4/c1-13-20-18(22-26-13)19(11-5-3-4-6-12-19)21-16(23)14-7-9-15(10-8-14)17(24)25-2/h7-10H,3-6,11-12H2,1-2H3,(H,21,23). The minimum atomic E-state index is -0.619. The van der Waals surface area contributed by atoms with Crippen molar-refractivity contribution < 1.29 is 18.8 Å². The van der Waals surface area contributed by atoms with Gasteiger partial charge in [0.2, 0.25) is 5.89 Å². The number of amides is 1. The molecule has 0 unspecified atom stereocenters. The SMILES string of the molecule is COC(=O)c1ccc(C(=O)NC2(c3noc(C)n3)CCCCCC2)cc1. The van der Waals surface area contributed by atoms with Gasteiger partial charge in [-0.25, -0.2) is 4.79 Å². The summed E-state index contributed by atoms with van der Waals surface area (Å²) in [5.41, 5.74) is 0.260. The van der Waals surface area contributed by atoms with E-state index in [9.17, 15) is 9.59 Å². The van der Waals surface area contributed by atoms with E-state index in [2.05, 4.69) is 20.2 Å². The van der Waals surface area contributed by atoms with Gasteiger partial charge in [0, 0.05) is 12.5 Å². The van der Waals surface area contributed by atoms with Gasteiger partial charge in [0.05, 0.1) is 12.7 Å². The van der Waals surface area contributed by atoms with Crippen molar-refractivity contribution in [3.8, 4) is 0 Å². The maximum Gasteiger partial charge on any atom is 0.337 e. The number of methoxy groups -OCH3 is 1. The van der Waals surface area contributed by atoms with Crippen molar-refractivity contribution in [3.63, 3.8) is 0 Å². The number of nitrogens with one attached hydrogen (secondary N) is 1. The minimum absolute atomic E-state index is 0.217. The first kappa shape index (κ1) is 18.1. The predicted octanol–water partition coefficient (Wildman–Crippen LogP) is 3.14. The highest BCUT2D eigenvalue weighted by atomic mass is 16.5. The number of carbonyl (C=O) groups excluding carboxylic acids is 2. The maximum absolute atomic E-state index is 12.8. The Labute approximate surface area is 152 Å². The second-order valence-corrected chi connectivity index (χ2v) is 6.66. The first-order valence-electron chi connectivity index (χ1n) is 8.86. The van der Waals surface area contributed by atoms with Gasteiger partial charge in [-0.3, -0.25) is 4.79 Å². The molecule has 7 nitrogen and oxygen atoms in total. The van der Waals surface area contributed by atoms with Gasteiger partial charge in [-0.15, -0.1) is 0 Å². The summed E-state index contributed by atoms with van der Waals surface area (Å²) in [6.45, 7) is 1.74. The van der Waals surface area contributed by atoms with Crippen LogP contribution in [-0.4, -0.2) is 29.1 Å². The molecule has 3 rings (SSSR count). The summed E-state index contributed by atoms with van der Waals surface area (Å²) in [5.74, 6) is 0.377. The fourth-order valence-corrected chi connectivity index (χ4v) is 3.40. The lowest BCUT2D eigenvalue weighted by atomic mass is 9.88. The molecule has 26 heavy (non-hydrogen) atoms. The van der Waals surface area contributed by atoms with E-state index in [-0.39, 0.29) is 5.91 Å². The number of aromatic nitrogens is 2. The van der Waals surface area contributed by atoms with Crippen molar-refractivity contribution in [2.24, 2.45) is 0 Å². The Morgan fingerprint density at radius 1 is 1.08 bits per heavy atom. The van der Waals surface area contributed by atoms with Crippen molar-refractivity contribution in [1.29, 1.82) is 0 Å². The smallest absolute Gasteiger partial charge is 0.337 e. The van der Waals surface area contributed by atoms with Crippen LogP contribution in [-0.2, 0) is 10.3 Å². The molecule has 0 aliphatic heterocycles. The number of benzene rings is 1. The summed E-state index contributed by atoms with van der Waals surface area (Å²) < 4.78 is 9.84. The average Bonchev–Trinajstić information content (AvgIpc) is 2.96. The Bertz CT molecular complexity index is 774. The number of esters is 1. The van der Waals surface area contributed by atoms with E-state index < -0.39 is 11.5 Å². The van der Waals surface area contributed by atoms with Crippen LogP contribution >= 0.6 is 0 Å². The molecule has 1 fully saturated rings. The van der Waals surface area contributed by atoms with Gasteiger partial charge in [0.15, 0.2) is 5.82 Å². The van der Waals surface area contributed by atoms with Gasteiger partial charge >= 0.3 is 5.97 Å². The van der Waals surface area contributed by atoms with Gasteiger partial charge < -0.3 is 14.6 Å². The zero-order valence-electron chi connectivity index (χ0n) is 15.1. The summed E-state index contributed by atoms with van der Waals surface area (Å²) in [5, 5.41) is 7.23. The molecule has 1 aromatic heterocycles. The highest BCUT2D eigenvalue weighted by Crippen LogP contribution is 2.35. The quantitative estimate of drug-likeness (QED) is 0.667. The van der Waals surface area contributed by atoms with Gasteiger partial charge in [-0.1, -0.05) is 30.8 Å². The monoisotopic (exact) mass is 357 g/mol. The van der Waals surface area contributed by atoms with Crippen LogP contribution in [0.1, 0.15) is 71.0 Å². The normalized spacial score (nSPS) is 16.5. The summed E-state index contributed by atoms with van der Waals surface area (Å²) in [6, 6.07) is 6.40. The van der Waals surface area contributed by atoms with Crippen molar-refractivity contribution in [2.45, 2.75) is 51.0 Å². The third kappa shape index (κ3) is 3.76. The van der Waals surface area contributed by atoms with E-state index in [1.54, 1.807) is 31.2 Å². The number of nitrogens with zero attached hydrogens (tertiary/aromatic N) is 2. The number of ether oxygens (including phenoxy) is 1. The molecule has 1 aliphatic rings. The Morgan fingerprint density at radius 3 is 2.23 bits per heavy atom. The number of hydrogen-bond acceptors (Lipinski definition) is 6. The van der Waals surface area contributed by atoms with E-state index in [0.29, 0.717) is 22.8 Å². The van der Waals surface area contributed by atoms with Crippen LogP contribution in [0.25, 0.3) is 0 Å². The molecule has 138 valence electrons. The maximum atomic E-state index is 12.8. The van der Waals surface area contributed by atoms with Crippen LogP contribution in [0.2, 0.25) is 0 Å². The van der Waals surface area contributed by atoms with E-state index in [1.165, 1.54) is 7.11 Å². The van der Waals surface area contributed by atoms with Crippen molar-refractivity contribution in [2.75, 3.05) is 7.11 Å². The van der Waals surface area contributed by atoms with Crippen LogP contribution in [0.15, 0.2) is 28.8 Å². The van der Waals surface area contributed by atoms with Crippen LogP contribution in [0, 0.1) is 6.92 Å². The first-order valence-corrected chi connectivity index (χ1v) is 8.86. The molecule has 1 aliphatic carbocycles. The van der Waals surface area contributed by atoms with Crippen molar-refractivity contribution in [1.82, 2.24) is 15.5 Å². The Hall–Kier alpha value is -2.70. The third-order valence-electron chi connectivity index (χ3n) is 4.83.